The summed E-state index contributed by atoms with van der Waals surface area (Å²) in [6, 6.07) is 0. The average Bonchev–Trinajstić information content (AvgIpc) is 2.72. The monoisotopic (exact) mass is 680 g/mol. The molecule has 9 heteroatoms. The van der Waals surface area contributed by atoms with E-state index in [1.807, 2.05) is 48.5 Å². The van der Waals surface area contributed by atoms with Gasteiger partial charge in [-0.05, 0) is 66.1 Å². The maximum Gasteiger partial charge on any atom is 0.394 e. The van der Waals surface area contributed by atoms with E-state index in [1.165, 1.54) is 19.3 Å². The number of alkyl halides is 9. The molecule has 5 aliphatic rings. The van der Waals surface area contributed by atoms with Crippen molar-refractivity contribution in [3.63, 3.8) is 0 Å². The second-order valence-corrected chi connectivity index (χ2v) is 17.0. The van der Waals surface area contributed by atoms with Crippen LogP contribution in [0, 0.1) is 58.2 Å². The summed E-state index contributed by atoms with van der Waals surface area (Å²) in [6.45, 7) is 21.6. The second-order valence-electron chi connectivity index (χ2n) is 17.0. The van der Waals surface area contributed by atoms with Gasteiger partial charge in [0.2, 0.25) is 11.8 Å². The highest BCUT2D eigenvalue weighted by atomic mass is 19.4. The molecule has 0 aromatic carbocycles. The van der Waals surface area contributed by atoms with Gasteiger partial charge in [0.25, 0.3) is 5.92 Å². The van der Waals surface area contributed by atoms with Crippen molar-refractivity contribution >= 4 is 0 Å². The van der Waals surface area contributed by atoms with Crippen molar-refractivity contribution in [1.29, 1.82) is 0 Å². The molecule has 0 aromatic heterocycles. The van der Waals surface area contributed by atoms with Crippen molar-refractivity contribution in [1.82, 2.24) is 0 Å². The summed E-state index contributed by atoms with van der Waals surface area (Å²) in [5, 5.41) is 0. The molecular weight excluding hydrogens is 615 g/mol. The average molecular weight is 681 g/mol. The summed E-state index contributed by atoms with van der Waals surface area (Å²) in [6.07, 6.45) is 3.10. The molecule has 5 fully saturated rings. The standard InChI is InChI=1S/C8H13F3.C8H14F2.2C7H12F2.C7H14/c1-6(2)7(4-3-5-7)8(9,10)11;1-6(2)7(3)4-8(9,10)5-7;1-5(2)6-3-7(8,9)4-6;1-5(2)6-3-4-7(6,8)9;1-6(2)7-4-3-5-7/h6H,3-5H2,1-2H3;6H,4-5H2,1-3H3;2*5-6H,3-4H2,1-2H3;6-7H,3-5H2,1-2H3. The molecule has 5 rings (SSSR count). The lowest BCUT2D eigenvalue weighted by molar-refractivity contribution is -0.267. The Morgan fingerprint density at radius 1 is 0.543 bits per heavy atom. The predicted molar refractivity (Wildman–Crippen MR) is 171 cm³/mol. The highest BCUT2D eigenvalue weighted by Crippen LogP contribution is 2.57. The van der Waals surface area contributed by atoms with Gasteiger partial charge >= 0.3 is 6.18 Å². The van der Waals surface area contributed by atoms with Crippen molar-refractivity contribution in [2.75, 3.05) is 0 Å². The van der Waals surface area contributed by atoms with Crippen LogP contribution in [-0.4, -0.2) is 23.9 Å². The minimum absolute atomic E-state index is 0.0810. The summed E-state index contributed by atoms with van der Waals surface area (Å²) in [5.74, 6) is -4.35. The van der Waals surface area contributed by atoms with Crippen molar-refractivity contribution in [3.05, 3.63) is 0 Å². The highest BCUT2D eigenvalue weighted by Gasteiger charge is 2.59. The van der Waals surface area contributed by atoms with Gasteiger partial charge in [-0.2, -0.15) is 13.2 Å². The van der Waals surface area contributed by atoms with Gasteiger partial charge in [0.05, 0.1) is 5.41 Å². The van der Waals surface area contributed by atoms with Gasteiger partial charge < -0.3 is 0 Å². The fraction of sp³-hybridized carbons (Fsp3) is 1.00. The number of rotatable bonds is 5. The lowest BCUT2D eigenvalue weighted by atomic mass is 9.61. The summed E-state index contributed by atoms with van der Waals surface area (Å²) >= 11 is 0. The van der Waals surface area contributed by atoms with Gasteiger partial charge in [0.1, 0.15) is 0 Å². The Balaban J connectivity index is 0.000000289. The maximum atomic E-state index is 12.5. The smallest absolute Gasteiger partial charge is 0.207 e. The Labute approximate surface area is 274 Å². The lowest BCUT2D eigenvalue weighted by Crippen LogP contribution is -2.47. The molecular formula is C37H65F9. The van der Waals surface area contributed by atoms with E-state index < -0.39 is 29.4 Å². The Morgan fingerprint density at radius 3 is 1.04 bits per heavy atom. The van der Waals surface area contributed by atoms with Crippen LogP contribution in [0.25, 0.3) is 0 Å². The summed E-state index contributed by atoms with van der Waals surface area (Å²) in [7, 11) is 0. The van der Waals surface area contributed by atoms with E-state index in [0.717, 1.165) is 18.3 Å². The first kappa shape index (κ1) is 43.4. The van der Waals surface area contributed by atoms with Crippen LogP contribution in [0.5, 0.6) is 0 Å². The van der Waals surface area contributed by atoms with Crippen molar-refractivity contribution < 1.29 is 39.5 Å². The topological polar surface area (TPSA) is 0 Å². The van der Waals surface area contributed by atoms with E-state index >= 15 is 0 Å². The molecule has 0 spiro atoms. The molecule has 0 aromatic rings. The third-order valence-corrected chi connectivity index (χ3v) is 11.9. The van der Waals surface area contributed by atoms with Crippen LogP contribution in [0.1, 0.15) is 153 Å². The summed E-state index contributed by atoms with van der Waals surface area (Å²) < 4.78 is 111. The van der Waals surface area contributed by atoms with Crippen LogP contribution in [-0.2, 0) is 0 Å². The van der Waals surface area contributed by atoms with E-state index in [2.05, 4.69) is 13.8 Å². The molecule has 0 saturated heterocycles. The first-order valence-electron chi connectivity index (χ1n) is 17.8. The number of halogens is 9. The number of hydrogen-bond donors (Lipinski definition) is 0. The zero-order valence-electron chi connectivity index (χ0n) is 30.5. The van der Waals surface area contributed by atoms with Gasteiger partial charge in [0.15, 0.2) is 0 Å². The van der Waals surface area contributed by atoms with E-state index in [-0.39, 0.29) is 61.2 Å². The quantitative estimate of drug-likeness (QED) is 0.254. The zero-order valence-corrected chi connectivity index (χ0v) is 30.5. The molecule has 0 N–H and O–H groups in total. The molecule has 46 heavy (non-hydrogen) atoms. The normalized spacial score (nSPS) is 26.7. The van der Waals surface area contributed by atoms with Crippen LogP contribution in [0.15, 0.2) is 0 Å². The van der Waals surface area contributed by atoms with Gasteiger partial charge in [0, 0.05) is 38.0 Å². The minimum atomic E-state index is -3.99. The fourth-order valence-electron chi connectivity index (χ4n) is 6.92. The van der Waals surface area contributed by atoms with E-state index in [4.69, 9.17) is 0 Å². The van der Waals surface area contributed by atoms with Crippen molar-refractivity contribution in [3.8, 4) is 0 Å². The number of hydrogen-bond acceptors (Lipinski definition) is 0. The van der Waals surface area contributed by atoms with Crippen LogP contribution >= 0.6 is 0 Å². The van der Waals surface area contributed by atoms with Crippen molar-refractivity contribution in [2.24, 2.45) is 58.2 Å². The van der Waals surface area contributed by atoms with Crippen LogP contribution < -0.4 is 0 Å². The molecule has 5 aliphatic carbocycles. The first-order valence-corrected chi connectivity index (χ1v) is 17.8. The maximum absolute atomic E-state index is 12.5. The molecule has 1 unspecified atom stereocenters. The molecule has 0 radical (unpaired) electrons. The predicted octanol–water partition coefficient (Wildman–Crippen LogP) is 14.3. The van der Waals surface area contributed by atoms with Crippen molar-refractivity contribution in [2.45, 2.75) is 177 Å². The third-order valence-electron chi connectivity index (χ3n) is 11.9. The Morgan fingerprint density at radius 2 is 1.00 bits per heavy atom. The molecule has 0 aliphatic heterocycles. The SMILES string of the molecule is CC(C)C1(C(F)(F)F)CCC1.CC(C)C1(C)CC(F)(F)C1.CC(C)C1CC(F)(F)C1.CC(C)C1CCC1.CC(C)C1CCC1(F)F. The molecule has 0 amide bonds. The molecule has 0 heterocycles. The first-order chi connectivity index (χ1) is 20.6. The zero-order chi connectivity index (χ0) is 36.1. The summed E-state index contributed by atoms with van der Waals surface area (Å²) in [5.41, 5.74) is -1.43. The van der Waals surface area contributed by atoms with E-state index in [9.17, 15) is 39.5 Å². The molecule has 276 valence electrons. The lowest BCUT2D eigenvalue weighted by Gasteiger charge is -2.47. The summed E-state index contributed by atoms with van der Waals surface area (Å²) in [4.78, 5) is 0. The van der Waals surface area contributed by atoms with Gasteiger partial charge in [-0.15, -0.1) is 0 Å². The van der Waals surface area contributed by atoms with E-state index in [1.54, 1.807) is 13.8 Å². The van der Waals surface area contributed by atoms with E-state index in [0.29, 0.717) is 31.1 Å². The Kier molecular flexibility index (Phi) is 15.5. The molecule has 0 nitrogen and oxygen atoms in total. The van der Waals surface area contributed by atoms with Crippen LogP contribution in [0.2, 0.25) is 0 Å². The third kappa shape index (κ3) is 12.1. The molecule has 5 saturated carbocycles. The Hall–Kier alpha value is -0.630. The highest BCUT2D eigenvalue weighted by molar-refractivity contribution is 4.97. The van der Waals surface area contributed by atoms with Gasteiger partial charge in [-0.25, -0.2) is 26.3 Å². The van der Waals surface area contributed by atoms with Crippen LogP contribution in [0.4, 0.5) is 39.5 Å². The largest absolute Gasteiger partial charge is 0.394 e. The second kappa shape index (κ2) is 16.4. The Bertz CT molecular complexity index is 862. The van der Waals surface area contributed by atoms with Crippen LogP contribution in [0.3, 0.4) is 0 Å². The fourth-order valence-corrected chi connectivity index (χ4v) is 6.92. The minimum Gasteiger partial charge on any atom is -0.207 e. The molecule has 1 atom stereocenters. The van der Waals surface area contributed by atoms with Gasteiger partial charge in [-0.3, -0.25) is 0 Å². The van der Waals surface area contributed by atoms with Gasteiger partial charge in [-0.1, -0.05) is 102 Å². The molecule has 0 bridgehead atoms.